The van der Waals surface area contributed by atoms with E-state index >= 15 is 0 Å². The molecule has 1 aromatic heterocycles. The number of halogens is 1. The molecule has 3 aromatic rings. The Hall–Kier alpha value is -2.95. The summed E-state index contributed by atoms with van der Waals surface area (Å²) in [5.41, 5.74) is 5.23. The molecule has 1 aliphatic heterocycles. The van der Waals surface area contributed by atoms with E-state index in [1.54, 1.807) is 12.1 Å². The van der Waals surface area contributed by atoms with Crippen LogP contribution < -0.4 is 10.6 Å². The average molecular weight is 348 g/mol. The number of nitrogens with zero attached hydrogens (tertiary/aromatic N) is 2. The number of aromatic nitrogens is 2. The van der Waals surface area contributed by atoms with E-state index in [-0.39, 0.29) is 11.9 Å². The van der Waals surface area contributed by atoms with E-state index in [1.807, 2.05) is 19.9 Å². The Morgan fingerprint density at radius 1 is 1.04 bits per heavy atom. The van der Waals surface area contributed by atoms with Crippen LogP contribution in [0.4, 0.5) is 21.6 Å². The maximum absolute atomic E-state index is 13.1. The molecule has 0 spiro atoms. The lowest BCUT2D eigenvalue weighted by molar-refractivity contribution is 0.627. The van der Waals surface area contributed by atoms with Crippen LogP contribution in [0.3, 0.4) is 0 Å². The van der Waals surface area contributed by atoms with Gasteiger partial charge in [-0.25, -0.2) is 14.4 Å². The second-order valence-electron chi connectivity index (χ2n) is 6.67. The minimum absolute atomic E-state index is 0.0815. The summed E-state index contributed by atoms with van der Waals surface area (Å²) in [6.07, 6.45) is 1.96. The fourth-order valence-corrected chi connectivity index (χ4v) is 3.23. The summed E-state index contributed by atoms with van der Waals surface area (Å²) in [6, 6.07) is 14.7. The average Bonchev–Trinajstić information content (AvgIpc) is 2.66. The first kappa shape index (κ1) is 16.5. The standard InChI is InChI=1S/C21H21FN4/c1-13-14(2)23-21(19-12-7-15-5-3-4-6-18(15)25-19)26-20(13)24-17-10-8-16(22)9-11-17/h3-6,8-11,19,25H,7,12H2,1-2H3,(H,23,24,26). The molecule has 0 radical (unpaired) electrons. The fourth-order valence-electron chi connectivity index (χ4n) is 3.23. The highest BCUT2D eigenvalue weighted by atomic mass is 19.1. The first-order chi connectivity index (χ1) is 12.6. The van der Waals surface area contributed by atoms with Crippen molar-refractivity contribution in [2.75, 3.05) is 10.6 Å². The molecule has 1 aliphatic rings. The van der Waals surface area contributed by atoms with Gasteiger partial charge in [0.05, 0.1) is 6.04 Å². The van der Waals surface area contributed by atoms with Crippen molar-refractivity contribution in [2.24, 2.45) is 0 Å². The molecule has 0 amide bonds. The first-order valence-corrected chi connectivity index (χ1v) is 8.82. The molecule has 1 unspecified atom stereocenters. The van der Waals surface area contributed by atoms with Crippen molar-refractivity contribution in [3.05, 3.63) is 77.0 Å². The van der Waals surface area contributed by atoms with Crippen LogP contribution in [0, 0.1) is 19.7 Å². The van der Waals surface area contributed by atoms with Gasteiger partial charge in [-0.3, -0.25) is 0 Å². The van der Waals surface area contributed by atoms with E-state index < -0.39 is 0 Å². The molecule has 0 saturated heterocycles. The van der Waals surface area contributed by atoms with E-state index in [9.17, 15) is 4.39 Å². The van der Waals surface area contributed by atoms with E-state index in [2.05, 4.69) is 28.8 Å². The lowest BCUT2D eigenvalue weighted by Gasteiger charge is -2.26. The van der Waals surface area contributed by atoms with Gasteiger partial charge < -0.3 is 10.6 Å². The molecule has 0 aliphatic carbocycles. The zero-order chi connectivity index (χ0) is 18.1. The number of rotatable bonds is 3. The molecule has 2 aromatic carbocycles. The molecule has 2 N–H and O–H groups in total. The molecule has 0 fully saturated rings. The molecule has 4 nitrogen and oxygen atoms in total. The van der Waals surface area contributed by atoms with Gasteiger partial charge in [-0.2, -0.15) is 0 Å². The summed E-state index contributed by atoms with van der Waals surface area (Å²) >= 11 is 0. The molecule has 5 heteroatoms. The summed E-state index contributed by atoms with van der Waals surface area (Å²) in [7, 11) is 0. The molecule has 2 heterocycles. The minimum atomic E-state index is -0.253. The van der Waals surface area contributed by atoms with Gasteiger partial charge >= 0.3 is 0 Å². The summed E-state index contributed by atoms with van der Waals surface area (Å²) < 4.78 is 13.1. The third kappa shape index (κ3) is 3.25. The third-order valence-electron chi connectivity index (χ3n) is 4.87. The van der Waals surface area contributed by atoms with E-state index in [1.165, 1.54) is 17.7 Å². The quantitative estimate of drug-likeness (QED) is 0.693. The monoisotopic (exact) mass is 348 g/mol. The summed E-state index contributed by atoms with van der Waals surface area (Å²) in [5.74, 6) is 1.30. The van der Waals surface area contributed by atoms with Crippen LogP contribution in [-0.4, -0.2) is 9.97 Å². The summed E-state index contributed by atoms with van der Waals surface area (Å²) in [5, 5.41) is 6.85. The zero-order valence-corrected chi connectivity index (χ0v) is 14.9. The van der Waals surface area contributed by atoms with Crippen LogP contribution in [0.1, 0.15) is 35.1 Å². The number of para-hydroxylation sites is 1. The highest BCUT2D eigenvalue weighted by molar-refractivity contribution is 5.60. The van der Waals surface area contributed by atoms with Crippen LogP contribution in [-0.2, 0) is 6.42 Å². The normalized spacial score (nSPS) is 15.9. The maximum Gasteiger partial charge on any atom is 0.153 e. The van der Waals surface area contributed by atoms with Crippen molar-refractivity contribution in [3.8, 4) is 0 Å². The van der Waals surface area contributed by atoms with Gasteiger partial charge in [-0.1, -0.05) is 18.2 Å². The molecule has 0 bridgehead atoms. The van der Waals surface area contributed by atoms with Gasteiger partial charge in [-0.15, -0.1) is 0 Å². The fraction of sp³-hybridized carbons (Fsp3) is 0.238. The van der Waals surface area contributed by atoms with Crippen LogP contribution in [0.2, 0.25) is 0 Å². The Balaban J connectivity index is 1.63. The summed E-state index contributed by atoms with van der Waals surface area (Å²) in [6.45, 7) is 3.99. The number of aryl methyl sites for hydroxylation is 2. The van der Waals surface area contributed by atoms with Crippen molar-refractivity contribution < 1.29 is 4.39 Å². The van der Waals surface area contributed by atoms with Crippen LogP contribution in [0.5, 0.6) is 0 Å². The predicted octanol–water partition coefficient (Wildman–Crippen LogP) is 5.08. The van der Waals surface area contributed by atoms with E-state index in [4.69, 9.17) is 9.97 Å². The van der Waals surface area contributed by atoms with Crippen molar-refractivity contribution in [1.82, 2.24) is 9.97 Å². The number of fused-ring (bicyclic) bond motifs is 1. The molecule has 0 saturated carbocycles. The van der Waals surface area contributed by atoms with E-state index in [0.29, 0.717) is 0 Å². The molecule has 26 heavy (non-hydrogen) atoms. The Morgan fingerprint density at radius 3 is 2.62 bits per heavy atom. The number of nitrogens with one attached hydrogen (secondary N) is 2. The van der Waals surface area contributed by atoms with Gasteiger partial charge in [-0.05, 0) is 62.6 Å². The van der Waals surface area contributed by atoms with Gasteiger partial charge in [0.25, 0.3) is 0 Å². The molecule has 1 atom stereocenters. The van der Waals surface area contributed by atoms with Gasteiger partial charge in [0.1, 0.15) is 11.6 Å². The smallest absolute Gasteiger partial charge is 0.153 e. The van der Waals surface area contributed by atoms with Crippen molar-refractivity contribution in [3.63, 3.8) is 0 Å². The van der Waals surface area contributed by atoms with Crippen molar-refractivity contribution in [1.29, 1.82) is 0 Å². The predicted molar refractivity (Wildman–Crippen MR) is 102 cm³/mol. The van der Waals surface area contributed by atoms with Crippen molar-refractivity contribution >= 4 is 17.2 Å². The number of hydrogen-bond acceptors (Lipinski definition) is 4. The van der Waals surface area contributed by atoms with Gasteiger partial charge in [0.15, 0.2) is 5.82 Å². The third-order valence-corrected chi connectivity index (χ3v) is 4.87. The van der Waals surface area contributed by atoms with Crippen LogP contribution in [0.15, 0.2) is 48.5 Å². The largest absolute Gasteiger partial charge is 0.375 e. The number of benzene rings is 2. The van der Waals surface area contributed by atoms with Crippen molar-refractivity contribution in [2.45, 2.75) is 32.7 Å². The molecular formula is C21H21FN4. The Morgan fingerprint density at radius 2 is 1.81 bits per heavy atom. The summed E-state index contributed by atoms with van der Waals surface area (Å²) in [4.78, 5) is 9.48. The highest BCUT2D eigenvalue weighted by Crippen LogP contribution is 2.32. The molecular weight excluding hydrogens is 327 g/mol. The van der Waals surface area contributed by atoms with Crippen LogP contribution in [0.25, 0.3) is 0 Å². The lowest BCUT2D eigenvalue weighted by atomic mass is 9.97. The Labute approximate surface area is 152 Å². The Bertz CT molecular complexity index is 937. The second-order valence-corrected chi connectivity index (χ2v) is 6.67. The minimum Gasteiger partial charge on any atom is -0.375 e. The van der Waals surface area contributed by atoms with Gasteiger partial charge in [0.2, 0.25) is 0 Å². The lowest BCUT2D eigenvalue weighted by Crippen LogP contribution is -2.21. The number of hydrogen-bond donors (Lipinski definition) is 2. The number of anilines is 3. The van der Waals surface area contributed by atoms with Crippen LogP contribution >= 0.6 is 0 Å². The zero-order valence-electron chi connectivity index (χ0n) is 14.9. The SMILES string of the molecule is Cc1nc(C2CCc3ccccc3N2)nc(Nc2ccc(F)cc2)c1C. The molecule has 4 rings (SSSR count). The Kier molecular flexibility index (Phi) is 4.29. The maximum atomic E-state index is 13.1. The first-order valence-electron chi connectivity index (χ1n) is 8.82. The van der Waals surface area contributed by atoms with E-state index in [0.717, 1.165) is 47.1 Å². The topological polar surface area (TPSA) is 49.8 Å². The van der Waals surface area contributed by atoms with Gasteiger partial charge in [0, 0.05) is 22.6 Å². The second kappa shape index (κ2) is 6.75. The highest BCUT2D eigenvalue weighted by Gasteiger charge is 2.22. The molecule has 132 valence electrons.